The van der Waals surface area contributed by atoms with Crippen LogP contribution in [0.4, 0.5) is 22.9 Å². The van der Waals surface area contributed by atoms with E-state index < -0.39 is 0 Å². The van der Waals surface area contributed by atoms with Crippen LogP contribution in [0, 0.1) is 11.3 Å². The summed E-state index contributed by atoms with van der Waals surface area (Å²) in [5, 5.41) is 14.9. The van der Waals surface area contributed by atoms with Crippen molar-refractivity contribution in [2.75, 3.05) is 28.6 Å². The van der Waals surface area contributed by atoms with E-state index in [0.29, 0.717) is 16.9 Å². The van der Waals surface area contributed by atoms with E-state index in [2.05, 4.69) is 38.7 Å². The van der Waals surface area contributed by atoms with Crippen LogP contribution in [0.5, 0.6) is 0 Å². The molecule has 150 valence electrons. The highest BCUT2D eigenvalue weighted by atomic mass is 16.1. The minimum absolute atomic E-state index is 0.196. The van der Waals surface area contributed by atoms with Crippen molar-refractivity contribution in [3.05, 3.63) is 78.0 Å². The van der Waals surface area contributed by atoms with Crippen LogP contribution in [0.15, 0.2) is 66.9 Å². The lowest BCUT2D eigenvalue weighted by molar-refractivity contribution is 0.102. The highest BCUT2D eigenvalue weighted by Gasteiger charge is 2.11. The van der Waals surface area contributed by atoms with Crippen LogP contribution >= 0.6 is 0 Å². The van der Waals surface area contributed by atoms with E-state index >= 15 is 0 Å². The van der Waals surface area contributed by atoms with Crippen LogP contribution in [-0.4, -0.2) is 24.0 Å². The quantitative estimate of drug-likeness (QED) is 0.637. The number of amides is 1. The molecule has 1 fully saturated rings. The highest BCUT2D eigenvalue weighted by molar-refractivity contribution is 6.04. The molecule has 1 aromatic heterocycles. The van der Waals surface area contributed by atoms with Crippen molar-refractivity contribution in [2.45, 2.75) is 19.3 Å². The molecule has 1 amide bonds. The Morgan fingerprint density at radius 1 is 0.900 bits per heavy atom. The second-order valence-electron chi connectivity index (χ2n) is 7.29. The van der Waals surface area contributed by atoms with Gasteiger partial charge in [0.05, 0.1) is 17.2 Å². The van der Waals surface area contributed by atoms with Crippen LogP contribution in [-0.2, 0) is 0 Å². The first-order valence-electron chi connectivity index (χ1n) is 10.1. The lowest BCUT2D eigenvalue weighted by atomic mass is 10.1. The molecule has 1 aliphatic rings. The van der Waals surface area contributed by atoms with Crippen molar-refractivity contribution >= 4 is 28.8 Å². The smallest absolute Gasteiger partial charge is 0.257 e. The van der Waals surface area contributed by atoms with Crippen molar-refractivity contribution in [3.8, 4) is 6.07 Å². The summed E-state index contributed by atoms with van der Waals surface area (Å²) in [6.07, 6.45) is 5.33. The van der Waals surface area contributed by atoms with Gasteiger partial charge in [-0.3, -0.25) is 4.79 Å². The van der Waals surface area contributed by atoms with E-state index in [4.69, 9.17) is 5.26 Å². The Labute approximate surface area is 176 Å². The van der Waals surface area contributed by atoms with Gasteiger partial charge in [0.25, 0.3) is 5.91 Å². The fourth-order valence-electron chi connectivity index (χ4n) is 3.49. The summed E-state index contributed by atoms with van der Waals surface area (Å²) in [5.74, 6) is 0.431. The second kappa shape index (κ2) is 9.10. The lowest BCUT2D eigenvalue weighted by Gasteiger charge is -2.28. The van der Waals surface area contributed by atoms with Gasteiger partial charge >= 0.3 is 0 Å². The Morgan fingerprint density at radius 3 is 2.23 bits per heavy atom. The van der Waals surface area contributed by atoms with Gasteiger partial charge in [-0.2, -0.15) is 5.26 Å². The zero-order valence-electron chi connectivity index (χ0n) is 16.6. The Kier molecular flexibility index (Phi) is 5.90. The van der Waals surface area contributed by atoms with Gasteiger partial charge < -0.3 is 15.5 Å². The molecule has 0 saturated carbocycles. The zero-order valence-corrected chi connectivity index (χ0v) is 16.6. The van der Waals surface area contributed by atoms with Gasteiger partial charge in [-0.1, -0.05) is 0 Å². The standard InChI is InChI=1S/C24H23N5O/c25-16-18-4-7-20(8-5-18)27-23-13-6-19(17-26-23)24(30)28-21-9-11-22(12-10-21)29-14-2-1-3-15-29/h4-13,17H,1-3,14-15H2,(H,26,27)(H,28,30). The summed E-state index contributed by atoms with van der Waals surface area (Å²) in [5.41, 5.74) is 3.88. The number of rotatable bonds is 5. The number of hydrogen-bond donors (Lipinski definition) is 2. The molecular formula is C24H23N5O. The molecule has 30 heavy (non-hydrogen) atoms. The number of aromatic nitrogens is 1. The first-order chi connectivity index (χ1) is 14.7. The SMILES string of the molecule is N#Cc1ccc(Nc2ccc(C(=O)Nc3ccc(N4CCCCC4)cc3)cn2)cc1. The fraction of sp³-hybridized carbons (Fsp3) is 0.208. The Bertz CT molecular complexity index is 1030. The number of nitrogens with zero attached hydrogens (tertiary/aromatic N) is 3. The van der Waals surface area contributed by atoms with Gasteiger partial charge in [0.2, 0.25) is 0 Å². The molecule has 3 aromatic rings. The zero-order chi connectivity index (χ0) is 20.8. The summed E-state index contributed by atoms with van der Waals surface area (Å²) in [7, 11) is 0. The third-order valence-corrected chi connectivity index (χ3v) is 5.16. The monoisotopic (exact) mass is 397 g/mol. The van der Waals surface area contributed by atoms with Crippen LogP contribution < -0.4 is 15.5 Å². The lowest BCUT2D eigenvalue weighted by Crippen LogP contribution is -2.29. The molecule has 0 unspecified atom stereocenters. The van der Waals surface area contributed by atoms with Gasteiger partial charge in [-0.05, 0) is 79.9 Å². The van der Waals surface area contributed by atoms with E-state index in [0.717, 1.165) is 24.5 Å². The molecule has 1 saturated heterocycles. The number of anilines is 4. The van der Waals surface area contributed by atoms with E-state index in [1.54, 1.807) is 30.5 Å². The Balaban J connectivity index is 1.35. The molecule has 6 heteroatoms. The maximum Gasteiger partial charge on any atom is 0.257 e. The average Bonchev–Trinajstić information content (AvgIpc) is 2.81. The number of carbonyl (C=O) groups excluding carboxylic acids is 1. The minimum atomic E-state index is -0.196. The molecule has 0 aliphatic carbocycles. The summed E-state index contributed by atoms with van der Waals surface area (Å²) >= 11 is 0. The third kappa shape index (κ3) is 4.76. The van der Waals surface area contributed by atoms with Gasteiger partial charge in [0, 0.05) is 36.3 Å². The summed E-state index contributed by atoms with van der Waals surface area (Å²) in [6.45, 7) is 2.19. The third-order valence-electron chi connectivity index (χ3n) is 5.16. The Hall–Kier alpha value is -3.85. The van der Waals surface area contributed by atoms with Crippen LogP contribution in [0.25, 0.3) is 0 Å². The molecule has 2 N–H and O–H groups in total. The predicted octanol–water partition coefficient (Wildman–Crippen LogP) is 4.94. The number of piperidine rings is 1. The normalized spacial score (nSPS) is 13.4. The second-order valence-corrected chi connectivity index (χ2v) is 7.29. The molecule has 1 aliphatic heterocycles. The van der Waals surface area contributed by atoms with E-state index in [1.165, 1.54) is 24.9 Å². The number of nitrogens with one attached hydrogen (secondary N) is 2. The summed E-state index contributed by atoms with van der Waals surface area (Å²) in [4.78, 5) is 19.2. The molecule has 0 atom stereocenters. The number of pyridine rings is 1. The van der Waals surface area contributed by atoms with Crippen molar-refractivity contribution in [2.24, 2.45) is 0 Å². The van der Waals surface area contributed by atoms with Crippen LogP contribution in [0.2, 0.25) is 0 Å². The fourth-order valence-corrected chi connectivity index (χ4v) is 3.49. The van der Waals surface area contributed by atoms with Crippen molar-refractivity contribution in [1.29, 1.82) is 5.26 Å². The molecular weight excluding hydrogens is 374 g/mol. The number of carbonyl (C=O) groups is 1. The largest absolute Gasteiger partial charge is 0.372 e. The minimum Gasteiger partial charge on any atom is -0.372 e. The first-order valence-corrected chi connectivity index (χ1v) is 10.1. The van der Waals surface area contributed by atoms with Gasteiger partial charge in [0.15, 0.2) is 0 Å². The first kappa shape index (κ1) is 19.5. The van der Waals surface area contributed by atoms with Gasteiger partial charge in [-0.15, -0.1) is 0 Å². The number of benzene rings is 2. The predicted molar refractivity (Wildman–Crippen MR) is 119 cm³/mol. The van der Waals surface area contributed by atoms with Crippen molar-refractivity contribution in [1.82, 2.24) is 4.98 Å². The summed E-state index contributed by atoms with van der Waals surface area (Å²) in [6, 6.07) is 20.7. The van der Waals surface area contributed by atoms with Crippen molar-refractivity contribution in [3.63, 3.8) is 0 Å². The maximum atomic E-state index is 12.5. The molecule has 4 rings (SSSR count). The molecule has 2 aromatic carbocycles. The number of hydrogen-bond acceptors (Lipinski definition) is 5. The summed E-state index contributed by atoms with van der Waals surface area (Å²) < 4.78 is 0. The van der Waals surface area contributed by atoms with Crippen LogP contribution in [0.1, 0.15) is 35.2 Å². The van der Waals surface area contributed by atoms with Gasteiger partial charge in [0.1, 0.15) is 5.82 Å². The molecule has 0 spiro atoms. The molecule has 6 nitrogen and oxygen atoms in total. The van der Waals surface area contributed by atoms with Gasteiger partial charge in [-0.25, -0.2) is 4.98 Å². The number of nitriles is 1. The Morgan fingerprint density at radius 2 is 1.60 bits per heavy atom. The maximum absolute atomic E-state index is 12.5. The molecule has 0 radical (unpaired) electrons. The highest BCUT2D eigenvalue weighted by Crippen LogP contribution is 2.22. The topological polar surface area (TPSA) is 81.0 Å². The van der Waals surface area contributed by atoms with Crippen molar-refractivity contribution < 1.29 is 4.79 Å². The van der Waals surface area contributed by atoms with E-state index in [9.17, 15) is 4.79 Å². The van der Waals surface area contributed by atoms with Crippen LogP contribution in [0.3, 0.4) is 0 Å². The average molecular weight is 397 g/mol. The van der Waals surface area contributed by atoms with E-state index in [1.807, 2.05) is 24.3 Å². The van der Waals surface area contributed by atoms with E-state index in [-0.39, 0.29) is 5.91 Å². The molecule has 0 bridgehead atoms. The molecule has 2 heterocycles.